The van der Waals surface area contributed by atoms with E-state index in [4.69, 9.17) is 17.0 Å². The van der Waals surface area contributed by atoms with Gasteiger partial charge in [-0.05, 0) is 68.4 Å². The second kappa shape index (κ2) is 13.5. The third-order valence-corrected chi connectivity index (χ3v) is 5.22. The fourth-order valence-corrected chi connectivity index (χ4v) is 3.15. The van der Waals surface area contributed by atoms with E-state index in [2.05, 4.69) is 22.9 Å². The highest BCUT2D eigenvalue weighted by molar-refractivity contribution is 7.80. The Bertz CT molecular complexity index is 900. The van der Waals surface area contributed by atoms with E-state index in [0.29, 0.717) is 23.4 Å². The van der Waals surface area contributed by atoms with Crippen molar-refractivity contribution in [3.63, 3.8) is 0 Å². The van der Waals surface area contributed by atoms with Gasteiger partial charge in [-0.15, -0.1) is 0 Å². The lowest BCUT2D eigenvalue weighted by atomic mass is 10.1. The monoisotopic (exact) mass is 455 g/mol. The summed E-state index contributed by atoms with van der Waals surface area (Å²) in [5, 5.41) is 8.67. The smallest absolute Gasteiger partial charge is 0.257 e. The maximum Gasteiger partial charge on any atom is 0.257 e. The molecule has 0 heterocycles. The summed E-state index contributed by atoms with van der Waals surface area (Å²) in [6.45, 7) is 6.80. The van der Waals surface area contributed by atoms with Crippen molar-refractivity contribution in [2.75, 3.05) is 11.9 Å². The van der Waals surface area contributed by atoms with E-state index in [1.807, 2.05) is 13.8 Å². The molecule has 0 aliphatic heterocycles. The highest BCUT2D eigenvalue weighted by Crippen LogP contribution is 2.16. The van der Waals surface area contributed by atoms with Crippen LogP contribution in [0.1, 0.15) is 73.6 Å². The molecule has 2 rings (SSSR count). The Morgan fingerprint density at radius 3 is 2.38 bits per heavy atom. The molecule has 6 nitrogen and oxygen atoms in total. The molecule has 0 bridgehead atoms. The largest absolute Gasteiger partial charge is 0.494 e. The summed E-state index contributed by atoms with van der Waals surface area (Å²) in [5.41, 5.74) is 1.46. The molecule has 1 unspecified atom stereocenters. The molecule has 32 heavy (non-hydrogen) atoms. The lowest BCUT2D eigenvalue weighted by Crippen LogP contribution is -2.36. The Labute approximate surface area is 196 Å². The molecule has 2 amide bonds. The lowest BCUT2D eigenvalue weighted by molar-refractivity contribution is 0.0938. The van der Waals surface area contributed by atoms with Crippen LogP contribution in [0.5, 0.6) is 5.75 Å². The van der Waals surface area contributed by atoms with Gasteiger partial charge in [0.15, 0.2) is 5.11 Å². The van der Waals surface area contributed by atoms with Crippen molar-refractivity contribution in [2.45, 2.75) is 58.9 Å². The average molecular weight is 456 g/mol. The molecule has 7 heteroatoms. The van der Waals surface area contributed by atoms with E-state index in [-0.39, 0.29) is 23.0 Å². The van der Waals surface area contributed by atoms with Gasteiger partial charge in [0, 0.05) is 11.6 Å². The number of para-hydroxylation sites is 1. The van der Waals surface area contributed by atoms with Crippen LogP contribution in [0, 0.1) is 0 Å². The summed E-state index contributed by atoms with van der Waals surface area (Å²) < 4.78 is 5.71. The van der Waals surface area contributed by atoms with E-state index in [1.54, 1.807) is 48.5 Å². The van der Waals surface area contributed by atoms with Gasteiger partial charge in [-0.25, -0.2) is 0 Å². The molecule has 3 N–H and O–H groups in total. The van der Waals surface area contributed by atoms with Crippen LogP contribution in [0.4, 0.5) is 5.69 Å². The molecule has 2 aromatic rings. The number of thiocarbonyl (C=S) groups is 1. The summed E-state index contributed by atoms with van der Waals surface area (Å²) in [7, 11) is 0. The lowest BCUT2D eigenvalue weighted by Gasteiger charge is -2.16. The predicted octanol–water partition coefficient (Wildman–Crippen LogP) is 5.30. The number of hydrogen-bond acceptors (Lipinski definition) is 4. The Hall–Kier alpha value is -2.93. The molecule has 0 aliphatic carbocycles. The maximum atomic E-state index is 12.5. The highest BCUT2D eigenvalue weighted by atomic mass is 32.1. The molecule has 1 atom stereocenters. The van der Waals surface area contributed by atoms with Crippen LogP contribution in [0.25, 0.3) is 0 Å². The van der Waals surface area contributed by atoms with Crippen molar-refractivity contribution >= 4 is 34.8 Å². The normalized spacial score (nSPS) is 11.3. The van der Waals surface area contributed by atoms with Gasteiger partial charge in [0.25, 0.3) is 11.8 Å². The number of anilines is 1. The zero-order chi connectivity index (χ0) is 23.3. The standard InChI is InChI=1S/C25H33N3O3S/c1-4-6-7-10-17-31-20-15-13-19(14-16-20)23(29)28-25(32)27-22-12-9-8-11-21(22)24(30)26-18(3)5-2/h8-9,11-16,18H,4-7,10,17H2,1-3H3,(H,26,30)(H2,27,28,29,32). The predicted molar refractivity (Wildman–Crippen MR) is 133 cm³/mol. The Balaban J connectivity index is 1.91. The van der Waals surface area contributed by atoms with Gasteiger partial charge in [-0.2, -0.15) is 0 Å². The number of ether oxygens (including phenoxy) is 1. The minimum atomic E-state index is -0.335. The first kappa shape index (κ1) is 25.3. The molecule has 0 spiro atoms. The van der Waals surface area contributed by atoms with Gasteiger partial charge >= 0.3 is 0 Å². The van der Waals surface area contributed by atoms with Crippen LogP contribution in [-0.2, 0) is 0 Å². The van der Waals surface area contributed by atoms with Gasteiger partial charge in [0.2, 0.25) is 0 Å². The topological polar surface area (TPSA) is 79.5 Å². The molecule has 0 aromatic heterocycles. The SMILES string of the molecule is CCCCCCOc1ccc(C(=O)NC(=S)Nc2ccccc2C(=O)NC(C)CC)cc1. The first-order chi connectivity index (χ1) is 15.4. The molecular weight excluding hydrogens is 422 g/mol. The van der Waals surface area contributed by atoms with E-state index in [9.17, 15) is 9.59 Å². The Morgan fingerprint density at radius 2 is 1.69 bits per heavy atom. The zero-order valence-corrected chi connectivity index (χ0v) is 19.9. The number of nitrogens with one attached hydrogen (secondary N) is 3. The summed E-state index contributed by atoms with van der Waals surface area (Å²) in [6, 6.07) is 14.1. The van der Waals surface area contributed by atoms with E-state index in [1.165, 1.54) is 12.8 Å². The quantitative estimate of drug-likeness (QED) is 0.316. The Morgan fingerprint density at radius 1 is 0.969 bits per heavy atom. The minimum absolute atomic E-state index is 0.0607. The number of benzene rings is 2. The van der Waals surface area contributed by atoms with Crippen molar-refractivity contribution in [3.8, 4) is 5.75 Å². The molecule has 0 saturated carbocycles. The molecule has 0 radical (unpaired) electrons. The molecule has 0 aliphatic rings. The third-order valence-electron chi connectivity index (χ3n) is 5.02. The fourth-order valence-electron chi connectivity index (χ4n) is 2.94. The molecule has 0 saturated heterocycles. The first-order valence-corrected chi connectivity index (χ1v) is 11.6. The van der Waals surface area contributed by atoms with E-state index >= 15 is 0 Å². The van der Waals surface area contributed by atoms with Crippen molar-refractivity contribution in [2.24, 2.45) is 0 Å². The summed E-state index contributed by atoms with van der Waals surface area (Å²) >= 11 is 5.29. The second-order valence-corrected chi connectivity index (χ2v) is 8.08. The van der Waals surface area contributed by atoms with Gasteiger partial charge in [0.05, 0.1) is 17.9 Å². The van der Waals surface area contributed by atoms with Crippen LogP contribution < -0.4 is 20.7 Å². The van der Waals surface area contributed by atoms with Crippen LogP contribution >= 0.6 is 12.2 Å². The molecule has 172 valence electrons. The van der Waals surface area contributed by atoms with Crippen LogP contribution in [0.2, 0.25) is 0 Å². The van der Waals surface area contributed by atoms with Crippen molar-refractivity contribution < 1.29 is 14.3 Å². The summed E-state index contributed by atoms with van der Waals surface area (Å²) in [6.07, 6.45) is 5.41. The minimum Gasteiger partial charge on any atom is -0.494 e. The van der Waals surface area contributed by atoms with Crippen LogP contribution in [0.3, 0.4) is 0 Å². The number of carbonyl (C=O) groups excluding carboxylic acids is 2. The second-order valence-electron chi connectivity index (χ2n) is 7.67. The fraction of sp³-hybridized carbons (Fsp3) is 0.400. The number of amides is 2. The number of carbonyl (C=O) groups is 2. The average Bonchev–Trinajstić information content (AvgIpc) is 2.79. The molecule has 0 fully saturated rings. The van der Waals surface area contributed by atoms with Crippen LogP contribution in [0.15, 0.2) is 48.5 Å². The third kappa shape index (κ3) is 8.30. The van der Waals surface area contributed by atoms with Crippen molar-refractivity contribution in [1.29, 1.82) is 0 Å². The molecule has 2 aromatic carbocycles. The zero-order valence-electron chi connectivity index (χ0n) is 19.1. The van der Waals surface area contributed by atoms with E-state index in [0.717, 1.165) is 25.0 Å². The van der Waals surface area contributed by atoms with Crippen LogP contribution in [-0.4, -0.2) is 29.6 Å². The Kier molecular flexibility index (Phi) is 10.7. The summed E-state index contributed by atoms with van der Waals surface area (Å²) in [4.78, 5) is 25.1. The number of rotatable bonds is 11. The van der Waals surface area contributed by atoms with Gasteiger partial charge in [0.1, 0.15) is 5.75 Å². The summed E-state index contributed by atoms with van der Waals surface area (Å²) in [5.74, 6) is 0.209. The van der Waals surface area contributed by atoms with Gasteiger partial charge < -0.3 is 15.4 Å². The first-order valence-electron chi connectivity index (χ1n) is 11.2. The van der Waals surface area contributed by atoms with Crippen molar-refractivity contribution in [1.82, 2.24) is 10.6 Å². The highest BCUT2D eigenvalue weighted by Gasteiger charge is 2.15. The van der Waals surface area contributed by atoms with Gasteiger partial charge in [-0.3, -0.25) is 14.9 Å². The van der Waals surface area contributed by atoms with Gasteiger partial charge in [-0.1, -0.05) is 45.2 Å². The number of unbranched alkanes of at least 4 members (excludes halogenated alkanes) is 3. The maximum absolute atomic E-state index is 12.5. The molecular formula is C25H33N3O3S. The number of hydrogen-bond donors (Lipinski definition) is 3. The van der Waals surface area contributed by atoms with Crippen molar-refractivity contribution in [3.05, 3.63) is 59.7 Å². The van der Waals surface area contributed by atoms with E-state index < -0.39 is 0 Å².